The van der Waals surface area contributed by atoms with Gasteiger partial charge in [0.1, 0.15) is 0 Å². The molecule has 0 atom stereocenters. The normalized spacial score (nSPS) is 12.1. The second kappa shape index (κ2) is 12.5. The molecule has 49 heavy (non-hydrogen) atoms. The Labute approximate surface area is 288 Å². The van der Waals surface area contributed by atoms with Gasteiger partial charge in [0.2, 0.25) is 0 Å². The summed E-state index contributed by atoms with van der Waals surface area (Å²) in [5.74, 6) is 0. The van der Waals surface area contributed by atoms with Gasteiger partial charge in [-0.3, -0.25) is 9.98 Å². The summed E-state index contributed by atoms with van der Waals surface area (Å²) < 4.78 is 5.04. The lowest BCUT2D eigenvalue weighted by Gasteiger charge is -2.13. The van der Waals surface area contributed by atoms with Gasteiger partial charge in [0, 0.05) is 49.9 Å². The highest BCUT2D eigenvalue weighted by Gasteiger charge is 2.19. The van der Waals surface area contributed by atoms with Crippen LogP contribution in [0.4, 0.5) is 0 Å². The number of thiophene rings is 1. The van der Waals surface area contributed by atoms with Gasteiger partial charge in [-0.1, -0.05) is 140 Å². The maximum atomic E-state index is 5.02. The summed E-state index contributed by atoms with van der Waals surface area (Å²) in [4.78, 5) is 10.0. The van der Waals surface area contributed by atoms with Crippen LogP contribution in [0.2, 0.25) is 0 Å². The molecule has 0 aliphatic rings. The molecule has 0 aliphatic heterocycles. The van der Waals surface area contributed by atoms with Crippen LogP contribution in [0.1, 0.15) is 22.9 Å². The predicted octanol–water partition coefficient (Wildman–Crippen LogP) is 12.1. The van der Waals surface area contributed by atoms with Crippen molar-refractivity contribution in [2.45, 2.75) is 6.17 Å². The molecule has 0 fully saturated rings. The molecule has 0 saturated carbocycles. The quantitative estimate of drug-likeness (QED) is 0.154. The summed E-state index contributed by atoms with van der Waals surface area (Å²) in [6.07, 6.45) is 3.43. The summed E-state index contributed by atoms with van der Waals surface area (Å²) in [6, 6.07) is 60.0. The summed E-state index contributed by atoms with van der Waals surface area (Å²) in [5.41, 5.74) is 9.03. The zero-order valence-corrected chi connectivity index (χ0v) is 27.5. The molecule has 0 spiro atoms. The van der Waals surface area contributed by atoms with Gasteiger partial charge >= 0.3 is 0 Å². The fourth-order valence-electron chi connectivity index (χ4n) is 6.79. The minimum Gasteiger partial charge on any atom is -0.308 e. The molecular weight excluding hydrogens is 615 g/mol. The van der Waals surface area contributed by atoms with Gasteiger partial charge in [-0.05, 0) is 52.6 Å². The Morgan fingerprint density at radius 2 is 1.14 bits per heavy atom. The van der Waals surface area contributed by atoms with Gasteiger partial charge in [0.25, 0.3) is 0 Å². The smallest absolute Gasteiger partial charge is 0.165 e. The zero-order valence-electron chi connectivity index (χ0n) is 26.6. The highest BCUT2D eigenvalue weighted by atomic mass is 32.1. The molecule has 0 radical (unpaired) electrons. The predicted molar refractivity (Wildman–Crippen MR) is 210 cm³/mol. The van der Waals surface area contributed by atoms with Crippen molar-refractivity contribution in [1.82, 2.24) is 4.57 Å². The lowest BCUT2D eigenvalue weighted by Crippen LogP contribution is -1.99. The molecule has 9 rings (SSSR count). The van der Waals surface area contributed by atoms with Crippen molar-refractivity contribution < 1.29 is 0 Å². The molecule has 7 aromatic carbocycles. The molecule has 0 N–H and O–H groups in total. The molecule has 2 aromatic heterocycles. The first-order valence-electron chi connectivity index (χ1n) is 16.5. The van der Waals surface area contributed by atoms with Crippen molar-refractivity contribution in [2.75, 3.05) is 0 Å². The largest absolute Gasteiger partial charge is 0.308 e. The van der Waals surface area contributed by atoms with Crippen LogP contribution in [0.5, 0.6) is 0 Å². The fraction of sp³-hybridized carbons (Fsp3) is 0.0222. The number of benzene rings is 7. The Hall–Kier alpha value is -6.10. The second-order valence-corrected chi connectivity index (χ2v) is 13.3. The Morgan fingerprint density at radius 3 is 1.88 bits per heavy atom. The molecule has 0 aliphatic carbocycles. The molecule has 0 bridgehead atoms. The van der Waals surface area contributed by atoms with Crippen molar-refractivity contribution in [2.24, 2.45) is 9.98 Å². The maximum absolute atomic E-state index is 5.02. The van der Waals surface area contributed by atoms with Crippen molar-refractivity contribution in [3.63, 3.8) is 0 Å². The first-order chi connectivity index (χ1) is 24.3. The number of rotatable bonds is 7. The SMILES string of the molecule is C(=N\C(/N=C/c1ccccc1)c1cccc(-n2c3ccc(-c4ccccc4)cc3c3ccc4c5ccccc5sc4c32)c1)/c1ccccc1. The lowest BCUT2D eigenvalue weighted by atomic mass is 10.0. The number of hydrogen-bond acceptors (Lipinski definition) is 3. The average molecular weight is 646 g/mol. The van der Waals surface area contributed by atoms with Crippen LogP contribution < -0.4 is 0 Å². The third-order valence-electron chi connectivity index (χ3n) is 9.13. The number of hydrogen-bond donors (Lipinski definition) is 0. The first kappa shape index (κ1) is 29.1. The number of aliphatic imine (C=N–C) groups is 2. The van der Waals surface area contributed by atoms with Crippen molar-refractivity contribution in [3.05, 3.63) is 187 Å². The van der Waals surface area contributed by atoms with E-state index in [9.17, 15) is 0 Å². The Morgan fingerprint density at radius 1 is 0.490 bits per heavy atom. The average Bonchev–Trinajstić information content (AvgIpc) is 3.72. The number of nitrogens with zero attached hydrogens (tertiary/aromatic N) is 3. The topological polar surface area (TPSA) is 29.6 Å². The summed E-state index contributed by atoms with van der Waals surface area (Å²) in [5, 5.41) is 5.07. The van der Waals surface area contributed by atoms with Crippen LogP contribution in [0.3, 0.4) is 0 Å². The van der Waals surface area contributed by atoms with Gasteiger partial charge in [-0.25, -0.2) is 0 Å². The fourth-order valence-corrected chi connectivity index (χ4v) is 8.03. The standard InChI is InChI=1S/C45H31N3S/c1-4-13-31(14-5-1)29-46-45(47-30-32-15-6-2-7-16-32)35-19-12-20-36(27-35)48-41-26-23-34(33-17-8-3-9-18-33)28-40(41)38-24-25-39-37-21-10-11-22-42(37)49-44(39)43(38)48/h1-30,45H/b46-29+,47-30+. The molecule has 3 nitrogen and oxygen atoms in total. The van der Waals surface area contributed by atoms with Crippen molar-refractivity contribution >= 4 is 65.7 Å². The second-order valence-electron chi connectivity index (χ2n) is 12.2. The zero-order chi connectivity index (χ0) is 32.6. The van der Waals surface area contributed by atoms with Gasteiger partial charge in [-0.2, -0.15) is 0 Å². The molecule has 9 aromatic rings. The monoisotopic (exact) mass is 645 g/mol. The minimum atomic E-state index is -0.414. The van der Waals surface area contributed by atoms with Gasteiger partial charge in [-0.15, -0.1) is 11.3 Å². The Bertz CT molecular complexity index is 2600. The van der Waals surface area contributed by atoms with Crippen LogP contribution >= 0.6 is 11.3 Å². The van der Waals surface area contributed by atoms with Crippen LogP contribution in [0, 0.1) is 0 Å². The molecule has 4 heteroatoms. The minimum absolute atomic E-state index is 0.414. The van der Waals surface area contributed by atoms with E-state index in [4.69, 9.17) is 9.98 Å². The molecule has 2 heterocycles. The molecule has 0 saturated heterocycles. The number of aromatic nitrogens is 1. The van der Waals surface area contributed by atoms with E-state index in [1.807, 2.05) is 60.2 Å². The van der Waals surface area contributed by atoms with Gasteiger partial charge in [0.15, 0.2) is 6.17 Å². The highest BCUT2D eigenvalue weighted by molar-refractivity contribution is 7.26. The first-order valence-corrected chi connectivity index (χ1v) is 17.3. The van der Waals surface area contributed by atoms with E-state index in [2.05, 4.69) is 138 Å². The Balaban J connectivity index is 1.26. The van der Waals surface area contributed by atoms with Gasteiger partial charge < -0.3 is 4.57 Å². The van der Waals surface area contributed by atoms with Crippen LogP contribution in [-0.2, 0) is 0 Å². The molecule has 0 unspecified atom stereocenters. The van der Waals surface area contributed by atoms with E-state index in [1.165, 1.54) is 53.1 Å². The number of fused-ring (bicyclic) bond motifs is 7. The molecular formula is C45H31N3S. The van der Waals surface area contributed by atoms with E-state index in [0.717, 1.165) is 22.4 Å². The van der Waals surface area contributed by atoms with Crippen molar-refractivity contribution in [1.29, 1.82) is 0 Å². The van der Waals surface area contributed by atoms with E-state index < -0.39 is 6.17 Å². The van der Waals surface area contributed by atoms with Crippen molar-refractivity contribution in [3.8, 4) is 16.8 Å². The maximum Gasteiger partial charge on any atom is 0.165 e. The van der Waals surface area contributed by atoms with E-state index in [1.54, 1.807) is 0 Å². The van der Waals surface area contributed by atoms with Crippen LogP contribution in [0.25, 0.3) is 58.8 Å². The van der Waals surface area contributed by atoms with E-state index in [0.29, 0.717) is 0 Å². The summed E-state index contributed by atoms with van der Waals surface area (Å²) >= 11 is 1.87. The molecule has 232 valence electrons. The molecule has 0 amide bonds. The third kappa shape index (κ3) is 5.42. The van der Waals surface area contributed by atoms with E-state index in [-0.39, 0.29) is 0 Å². The van der Waals surface area contributed by atoms with Crippen LogP contribution in [-0.4, -0.2) is 17.0 Å². The van der Waals surface area contributed by atoms with Gasteiger partial charge in [0.05, 0.1) is 15.7 Å². The highest BCUT2D eigenvalue weighted by Crippen LogP contribution is 2.44. The third-order valence-corrected chi connectivity index (χ3v) is 10.3. The van der Waals surface area contributed by atoms with E-state index >= 15 is 0 Å². The van der Waals surface area contributed by atoms with Crippen LogP contribution in [0.15, 0.2) is 180 Å². The lowest BCUT2D eigenvalue weighted by molar-refractivity contribution is 0.786. The Kier molecular flexibility index (Phi) is 7.41. The summed E-state index contributed by atoms with van der Waals surface area (Å²) in [6.45, 7) is 0. The summed E-state index contributed by atoms with van der Waals surface area (Å²) in [7, 11) is 0.